The van der Waals surface area contributed by atoms with Crippen LogP contribution < -0.4 is 20.1 Å². The van der Waals surface area contributed by atoms with Gasteiger partial charge in [0.1, 0.15) is 11.5 Å². The Morgan fingerprint density at radius 1 is 1.26 bits per heavy atom. The lowest BCUT2D eigenvalue weighted by atomic mass is 9.99. The van der Waals surface area contributed by atoms with Gasteiger partial charge in [-0.15, -0.1) is 0 Å². The van der Waals surface area contributed by atoms with Crippen molar-refractivity contribution in [1.29, 1.82) is 0 Å². The van der Waals surface area contributed by atoms with E-state index in [1.807, 2.05) is 13.1 Å². The summed E-state index contributed by atoms with van der Waals surface area (Å²) in [6, 6.07) is 4.96. The molecule has 0 radical (unpaired) electrons. The predicted octanol–water partition coefficient (Wildman–Crippen LogP) is 2.02. The lowest BCUT2D eigenvalue weighted by Gasteiger charge is -2.22. The first-order valence-electron chi connectivity index (χ1n) is 6.82. The number of rotatable bonds is 7. The van der Waals surface area contributed by atoms with E-state index in [-0.39, 0.29) is 6.04 Å². The first-order chi connectivity index (χ1) is 9.19. The highest BCUT2D eigenvalue weighted by atomic mass is 16.5. The van der Waals surface area contributed by atoms with E-state index < -0.39 is 0 Å². The fraction of sp³-hybridized carbons (Fsp3) is 0.600. The summed E-state index contributed by atoms with van der Waals surface area (Å²) < 4.78 is 10.8. The lowest BCUT2D eigenvalue weighted by Crippen LogP contribution is -2.31. The van der Waals surface area contributed by atoms with Crippen LogP contribution in [-0.2, 0) is 0 Å². The monoisotopic (exact) mass is 264 g/mol. The summed E-state index contributed by atoms with van der Waals surface area (Å²) in [5, 5.41) is 6.94. The van der Waals surface area contributed by atoms with E-state index in [0.717, 1.165) is 18.0 Å². The normalized spacial score (nSPS) is 16.2. The summed E-state index contributed by atoms with van der Waals surface area (Å²) >= 11 is 0. The Balaban J connectivity index is 2.23. The summed E-state index contributed by atoms with van der Waals surface area (Å²) in [4.78, 5) is 0. The van der Waals surface area contributed by atoms with Crippen LogP contribution in [0.3, 0.4) is 0 Å². The smallest absolute Gasteiger partial charge is 0.127 e. The summed E-state index contributed by atoms with van der Waals surface area (Å²) in [5.41, 5.74) is 2.40. The molecule has 1 atom stereocenters. The molecule has 1 fully saturated rings. The third-order valence-corrected chi connectivity index (χ3v) is 3.66. The summed E-state index contributed by atoms with van der Waals surface area (Å²) in [6.07, 6.45) is 2.60. The van der Waals surface area contributed by atoms with Crippen molar-refractivity contribution in [3.63, 3.8) is 0 Å². The molecule has 1 aromatic rings. The summed E-state index contributed by atoms with van der Waals surface area (Å²) in [6.45, 7) is 3.02. The molecule has 1 aliphatic rings. The Kier molecular flexibility index (Phi) is 4.66. The van der Waals surface area contributed by atoms with Crippen LogP contribution in [0.2, 0.25) is 0 Å². The minimum absolute atomic E-state index is 0.251. The van der Waals surface area contributed by atoms with Crippen LogP contribution in [0, 0.1) is 6.92 Å². The van der Waals surface area contributed by atoms with Gasteiger partial charge in [-0.3, -0.25) is 0 Å². The molecule has 0 bridgehead atoms. The number of benzene rings is 1. The number of ether oxygens (including phenoxy) is 2. The van der Waals surface area contributed by atoms with Crippen molar-refractivity contribution in [3.8, 4) is 11.5 Å². The molecule has 0 saturated heterocycles. The van der Waals surface area contributed by atoms with Crippen molar-refractivity contribution in [2.45, 2.75) is 31.8 Å². The molecule has 0 spiro atoms. The van der Waals surface area contributed by atoms with E-state index in [9.17, 15) is 0 Å². The molecule has 0 aliphatic heterocycles. The zero-order valence-corrected chi connectivity index (χ0v) is 12.2. The maximum atomic E-state index is 5.53. The summed E-state index contributed by atoms with van der Waals surface area (Å²) in [7, 11) is 5.37. The largest absolute Gasteiger partial charge is 0.497 e. The number of hydrogen-bond donors (Lipinski definition) is 2. The second-order valence-corrected chi connectivity index (χ2v) is 5.08. The molecular formula is C15H24N2O2. The maximum Gasteiger partial charge on any atom is 0.127 e. The van der Waals surface area contributed by atoms with Crippen LogP contribution in [0.4, 0.5) is 0 Å². The van der Waals surface area contributed by atoms with Gasteiger partial charge >= 0.3 is 0 Å². The van der Waals surface area contributed by atoms with Crippen molar-refractivity contribution < 1.29 is 9.47 Å². The average molecular weight is 264 g/mol. The minimum Gasteiger partial charge on any atom is -0.497 e. The quantitative estimate of drug-likeness (QED) is 0.791. The second-order valence-electron chi connectivity index (χ2n) is 5.08. The van der Waals surface area contributed by atoms with Gasteiger partial charge in [-0.2, -0.15) is 0 Å². The highest BCUT2D eigenvalue weighted by molar-refractivity contribution is 5.48. The van der Waals surface area contributed by atoms with Crippen molar-refractivity contribution in [3.05, 3.63) is 23.3 Å². The fourth-order valence-electron chi connectivity index (χ4n) is 2.39. The van der Waals surface area contributed by atoms with Gasteiger partial charge in [0.25, 0.3) is 0 Å². The van der Waals surface area contributed by atoms with Gasteiger partial charge in [-0.05, 0) is 38.4 Å². The molecule has 4 nitrogen and oxygen atoms in total. The predicted molar refractivity (Wildman–Crippen MR) is 77.1 cm³/mol. The molecule has 106 valence electrons. The van der Waals surface area contributed by atoms with Crippen LogP contribution in [0.1, 0.15) is 30.0 Å². The molecule has 1 saturated carbocycles. The highest BCUT2D eigenvalue weighted by Crippen LogP contribution is 2.33. The van der Waals surface area contributed by atoms with Crippen molar-refractivity contribution in [2.75, 3.05) is 27.8 Å². The van der Waals surface area contributed by atoms with Gasteiger partial charge in [0, 0.05) is 30.3 Å². The third kappa shape index (κ3) is 3.39. The average Bonchev–Trinajstić information content (AvgIpc) is 3.24. The van der Waals surface area contributed by atoms with Crippen LogP contribution in [0.5, 0.6) is 11.5 Å². The van der Waals surface area contributed by atoms with E-state index in [0.29, 0.717) is 6.04 Å². The molecule has 1 aliphatic carbocycles. The first kappa shape index (κ1) is 14.2. The zero-order valence-electron chi connectivity index (χ0n) is 12.2. The van der Waals surface area contributed by atoms with E-state index >= 15 is 0 Å². The fourth-order valence-corrected chi connectivity index (χ4v) is 2.39. The molecule has 2 rings (SSSR count). The SMILES string of the molecule is CNC(CNC1CC1)c1c(C)cc(OC)cc1OC. The number of likely N-dealkylation sites (N-methyl/N-ethyl adjacent to an activating group) is 1. The standard InChI is InChI=1S/C15H24N2O2/c1-10-7-12(18-3)8-14(19-4)15(10)13(16-2)9-17-11-5-6-11/h7-8,11,13,16-17H,5-6,9H2,1-4H3. The number of hydrogen-bond acceptors (Lipinski definition) is 4. The van der Waals surface area contributed by atoms with Crippen LogP contribution in [-0.4, -0.2) is 33.9 Å². The molecule has 0 aromatic heterocycles. The second kappa shape index (κ2) is 6.26. The Bertz CT molecular complexity index is 430. The molecule has 0 heterocycles. The van der Waals surface area contributed by atoms with Gasteiger partial charge < -0.3 is 20.1 Å². The Morgan fingerprint density at radius 3 is 2.53 bits per heavy atom. The molecule has 4 heteroatoms. The number of nitrogens with one attached hydrogen (secondary N) is 2. The minimum atomic E-state index is 0.251. The van der Waals surface area contributed by atoms with Gasteiger partial charge in [0.15, 0.2) is 0 Å². The van der Waals surface area contributed by atoms with E-state index in [1.165, 1.54) is 24.0 Å². The Labute approximate surface area is 115 Å². The van der Waals surface area contributed by atoms with Crippen molar-refractivity contribution in [1.82, 2.24) is 10.6 Å². The lowest BCUT2D eigenvalue weighted by molar-refractivity contribution is 0.383. The van der Waals surface area contributed by atoms with Crippen LogP contribution >= 0.6 is 0 Å². The van der Waals surface area contributed by atoms with E-state index in [1.54, 1.807) is 14.2 Å². The maximum absolute atomic E-state index is 5.53. The zero-order chi connectivity index (χ0) is 13.8. The van der Waals surface area contributed by atoms with Crippen LogP contribution in [0.25, 0.3) is 0 Å². The molecular weight excluding hydrogens is 240 g/mol. The van der Waals surface area contributed by atoms with E-state index in [4.69, 9.17) is 9.47 Å². The molecule has 0 amide bonds. The number of methoxy groups -OCH3 is 2. The Morgan fingerprint density at radius 2 is 2.00 bits per heavy atom. The molecule has 1 aromatic carbocycles. The Hall–Kier alpha value is -1.26. The third-order valence-electron chi connectivity index (χ3n) is 3.66. The van der Waals surface area contributed by atoms with Gasteiger partial charge in [-0.1, -0.05) is 0 Å². The number of aryl methyl sites for hydroxylation is 1. The molecule has 1 unspecified atom stereocenters. The molecule has 2 N–H and O–H groups in total. The topological polar surface area (TPSA) is 42.5 Å². The first-order valence-corrected chi connectivity index (χ1v) is 6.82. The van der Waals surface area contributed by atoms with Gasteiger partial charge in [-0.25, -0.2) is 0 Å². The van der Waals surface area contributed by atoms with Gasteiger partial charge in [0.05, 0.1) is 14.2 Å². The van der Waals surface area contributed by atoms with Crippen molar-refractivity contribution in [2.24, 2.45) is 0 Å². The van der Waals surface area contributed by atoms with Crippen LogP contribution in [0.15, 0.2) is 12.1 Å². The van der Waals surface area contributed by atoms with Crippen molar-refractivity contribution >= 4 is 0 Å². The summed E-state index contributed by atoms with van der Waals surface area (Å²) in [5.74, 6) is 1.72. The van der Waals surface area contributed by atoms with Gasteiger partial charge in [0.2, 0.25) is 0 Å². The molecule has 19 heavy (non-hydrogen) atoms. The van der Waals surface area contributed by atoms with E-state index in [2.05, 4.69) is 23.6 Å². The highest BCUT2D eigenvalue weighted by Gasteiger charge is 2.24.